The number of hydrogen-bond acceptors (Lipinski definition) is 5. The van der Waals surface area contributed by atoms with Crippen LogP contribution in [0.1, 0.15) is 19.4 Å². The van der Waals surface area contributed by atoms with Crippen molar-refractivity contribution >= 4 is 16.8 Å². The van der Waals surface area contributed by atoms with Gasteiger partial charge in [-0.1, -0.05) is 12.7 Å². The fraction of sp³-hybridized carbons (Fsp3) is 0.292. The van der Waals surface area contributed by atoms with Gasteiger partial charge >= 0.3 is 0 Å². The molecule has 3 aromatic rings. The lowest BCUT2D eigenvalue weighted by Gasteiger charge is -2.19. The zero-order valence-electron chi connectivity index (χ0n) is 18.2. The van der Waals surface area contributed by atoms with Crippen molar-refractivity contribution in [3.63, 3.8) is 0 Å². The lowest BCUT2D eigenvalue weighted by Crippen LogP contribution is -2.19. The number of ether oxygens (including phenoxy) is 4. The molecular formula is C24H27NO5. The summed E-state index contributed by atoms with van der Waals surface area (Å²) >= 11 is 0. The molecule has 0 aliphatic carbocycles. The SMILES string of the molecule is C=Cc1cc(OC(C)C)c(OC)cc1-c1cc2cc(OC)c(OC)cc2c(=O)n1C. The molecule has 0 saturated heterocycles. The number of methoxy groups -OCH3 is 3. The first-order chi connectivity index (χ1) is 14.3. The summed E-state index contributed by atoms with van der Waals surface area (Å²) in [6.07, 6.45) is 1.74. The number of aromatic nitrogens is 1. The highest BCUT2D eigenvalue weighted by molar-refractivity contribution is 5.90. The van der Waals surface area contributed by atoms with E-state index in [1.807, 2.05) is 32.0 Å². The predicted octanol–water partition coefficient (Wildman–Crippen LogP) is 4.66. The van der Waals surface area contributed by atoms with Crippen LogP contribution in [0.5, 0.6) is 23.0 Å². The first-order valence-corrected chi connectivity index (χ1v) is 9.61. The lowest BCUT2D eigenvalue weighted by atomic mass is 10.00. The van der Waals surface area contributed by atoms with E-state index in [1.165, 1.54) is 0 Å². The quantitative estimate of drug-likeness (QED) is 0.568. The van der Waals surface area contributed by atoms with E-state index in [0.717, 1.165) is 22.2 Å². The van der Waals surface area contributed by atoms with Gasteiger partial charge in [-0.25, -0.2) is 0 Å². The molecule has 0 atom stereocenters. The van der Waals surface area contributed by atoms with E-state index in [-0.39, 0.29) is 11.7 Å². The van der Waals surface area contributed by atoms with Crippen molar-refractivity contribution in [2.75, 3.05) is 21.3 Å². The third kappa shape index (κ3) is 3.73. The Morgan fingerprint density at radius 3 is 2.07 bits per heavy atom. The molecule has 0 radical (unpaired) electrons. The van der Waals surface area contributed by atoms with Gasteiger partial charge in [0.2, 0.25) is 0 Å². The van der Waals surface area contributed by atoms with Crippen LogP contribution in [0.4, 0.5) is 0 Å². The fourth-order valence-corrected chi connectivity index (χ4v) is 3.46. The summed E-state index contributed by atoms with van der Waals surface area (Å²) < 4.78 is 23.8. The Bertz CT molecular complexity index is 1160. The van der Waals surface area contributed by atoms with Crippen molar-refractivity contribution < 1.29 is 18.9 Å². The van der Waals surface area contributed by atoms with Gasteiger partial charge in [-0.15, -0.1) is 0 Å². The second-order valence-electron chi connectivity index (χ2n) is 7.15. The molecule has 0 saturated carbocycles. The van der Waals surface area contributed by atoms with Gasteiger partial charge in [0.05, 0.1) is 38.5 Å². The predicted molar refractivity (Wildman–Crippen MR) is 120 cm³/mol. The van der Waals surface area contributed by atoms with Crippen LogP contribution in [0.3, 0.4) is 0 Å². The van der Waals surface area contributed by atoms with Crippen molar-refractivity contribution in [1.82, 2.24) is 4.57 Å². The second kappa shape index (κ2) is 8.53. The topological polar surface area (TPSA) is 58.9 Å². The van der Waals surface area contributed by atoms with E-state index >= 15 is 0 Å². The Morgan fingerprint density at radius 1 is 0.900 bits per heavy atom. The van der Waals surface area contributed by atoms with Gasteiger partial charge in [0.15, 0.2) is 23.0 Å². The van der Waals surface area contributed by atoms with Gasteiger partial charge in [0.1, 0.15) is 0 Å². The number of fused-ring (bicyclic) bond motifs is 1. The number of hydrogen-bond donors (Lipinski definition) is 0. The summed E-state index contributed by atoms with van der Waals surface area (Å²) in [6.45, 7) is 7.85. The molecule has 6 nitrogen and oxygen atoms in total. The molecule has 0 unspecified atom stereocenters. The van der Waals surface area contributed by atoms with Gasteiger partial charge in [0.25, 0.3) is 5.56 Å². The zero-order chi connectivity index (χ0) is 22.0. The molecule has 0 fully saturated rings. The summed E-state index contributed by atoms with van der Waals surface area (Å²) in [5.41, 5.74) is 2.24. The molecule has 1 heterocycles. The summed E-state index contributed by atoms with van der Waals surface area (Å²) in [6, 6.07) is 9.21. The molecule has 2 aromatic carbocycles. The molecule has 158 valence electrons. The maximum Gasteiger partial charge on any atom is 0.258 e. The molecule has 0 spiro atoms. The minimum Gasteiger partial charge on any atom is -0.493 e. The van der Waals surface area contributed by atoms with E-state index in [1.54, 1.807) is 51.2 Å². The van der Waals surface area contributed by atoms with Crippen LogP contribution < -0.4 is 24.5 Å². The van der Waals surface area contributed by atoms with Crippen LogP contribution in [0.15, 0.2) is 41.7 Å². The maximum atomic E-state index is 13.1. The van der Waals surface area contributed by atoms with E-state index in [2.05, 4.69) is 6.58 Å². The number of benzene rings is 2. The smallest absolute Gasteiger partial charge is 0.258 e. The molecule has 3 rings (SSSR count). The highest BCUT2D eigenvalue weighted by Crippen LogP contribution is 2.38. The van der Waals surface area contributed by atoms with Crippen LogP contribution in [0, 0.1) is 0 Å². The minimum atomic E-state index is -0.139. The minimum absolute atomic E-state index is 0.00474. The Kier molecular flexibility index (Phi) is 6.06. The van der Waals surface area contributed by atoms with E-state index < -0.39 is 0 Å². The van der Waals surface area contributed by atoms with Crippen molar-refractivity contribution in [1.29, 1.82) is 0 Å². The van der Waals surface area contributed by atoms with Gasteiger partial charge in [-0.2, -0.15) is 0 Å². The largest absolute Gasteiger partial charge is 0.493 e. The van der Waals surface area contributed by atoms with Crippen molar-refractivity contribution in [2.45, 2.75) is 20.0 Å². The molecule has 30 heavy (non-hydrogen) atoms. The summed E-state index contributed by atoms with van der Waals surface area (Å²) in [4.78, 5) is 13.1. The van der Waals surface area contributed by atoms with Crippen molar-refractivity contribution in [3.8, 4) is 34.3 Å². The van der Waals surface area contributed by atoms with Crippen molar-refractivity contribution in [2.24, 2.45) is 7.05 Å². The Labute approximate surface area is 176 Å². The van der Waals surface area contributed by atoms with Crippen LogP contribution >= 0.6 is 0 Å². The average molecular weight is 409 g/mol. The van der Waals surface area contributed by atoms with Gasteiger partial charge in [-0.05, 0) is 55.1 Å². The molecule has 6 heteroatoms. The normalized spacial score (nSPS) is 10.9. The standard InChI is InChI=1S/C24H27NO5/c1-8-15-10-23(30-14(2)3)22(29-7)12-17(15)19-9-16-11-20(27-5)21(28-6)13-18(16)24(26)25(19)4/h8-14H,1H2,2-7H3. The van der Waals surface area contributed by atoms with E-state index in [0.29, 0.717) is 28.4 Å². The second-order valence-corrected chi connectivity index (χ2v) is 7.15. The highest BCUT2D eigenvalue weighted by atomic mass is 16.5. The molecule has 0 amide bonds. The lowest BCUT2D eigenvalue weighted by molar-refractivity contribution is 0.230. The van der Waals surface area contributed by atoms with Gasteiger partial charge < -0.3 is 23.5 Å². The van der Waals surface area contributed by atoms with Crippen molar-refractivity contribution in [3.05, 3.63) is 52.8 Å². The molecule has 0 bridgehead atoms. The Morgan fingerprint density at radius 2 is 1.50 bits per heavy atom. The molecule has 0 aliphatic heterocycles. The Hall–Kier alpha value is -3.41. The summed E-state index contributed by atoms with van der Waals surface area (Å²) in [7, 11) is 6.45. The Balaban J connectivity index is 2.32. The molecular weight excluding hydrogens is 382 g/mol. The zero-order valence-corrected chi connectivity index (χ0v) is 18.2. The van der Waals surface area contributed by atoms with Gasteiger partial charge in [0, 0.05) is 12.6 Å². The molecule has 0 aliphatic rings. The van der Waals surface area contributed by atoms with Crippen LogP contribution in [-0.2, 0) is 7.05 Å². The highest BCUT2D eigenvalue weighted by Gasteiger charge is 2.17. The van der Waals surface area contributed by atoms with Crippen LogP contribution in [-0.4, -0.2) is 32.0 Å². The molecule has 1 aromatic heterocycles. The third-order valence-electron chi connectivity index (χ3n) is 4.94. The first-order valence-electron chi connectivity index (χ1n) is 9.61. The average Bonchev–Trinajstić information content (AvgIpc) is 2.74. The van der Waals surface area contributed by atoms with E-state index in [9.17, 15) is 4.79 Å². The number of pyridine rings is 1. The van der Waals surface area contributed by atoms with E-state index in [4.69, 9.17) is 18.9 Å². The third-order valence-corrected chi connectivity index (χ3v) is 4.94. The van der Waals surface area contributed by atoms with Gasteiger partial charge in [-0.3, -0.25) is 4.79 Å². The number of rotatable bonds is 7. The maximum absolute atomic E-state index is 13.1. The fourth-order valence-electron chi connectivity index (χ4n) is 3.46. The van der Waals surface area contributed by atoms with Crippen LogP contribution in [0.2, 0.25) is 0 Å². The summed E-state index contributed by atoms with van der Waals surface area (Å²) in [5.74, 6) is 2.29. The first kappa shape index (κ1) is 21.3. The summed E-state index contributed by atoms with van der Waals surface area (Å²) in [5, 5.41) is 1.30. The molecule has 0 N–H and O–H groups in total. The van der Waals surface area contributed by atoms with Crippen LogP contribution in [0.25, 0.3) is 28.1 Å². The number of nitrogens with zero attached hydrogens (tertiary/aromatic N) is 1. The monoisotopic (exact) mass is 409 g/mol.